The zero-order valence-electron chi connectivity index (χ0n) is 14.1. The van der Waals surface area contributed by atoms with Crippen LogP contribution in [0.3, 0.4) is 0 Å². The Morgan fingerprint density at radius 2 is 1.75 bits per heavy atom. The number of ether oxygens (including phenoxy) is 1. The van der Waals surface area contributed by atoms with Gasteiger partial charge in [0.1, 0.15) is 17.9 Å². The lowest BCUT2D eigenvalue weighted by atomic mass is 10.1. The van der Waals surface area contributed by atoms with Crippen molar-refractivity contribution < 1.29 is 19.2 Å². The highest BCUT2D eigenvalue weighted by Gasteiger charge is 2.25. The molecular weight excluding hydrogens is 406 g/mol. The molecule has 1 heterocycles. The quantitative estimate of drug-likeness (QED) is 0.254. The van der Waals surface area contributed by atoms with Crippen LogP contribution in [0.15, 0.2) is 48.0 Å². The molecule has 3 rings (SSSR count). The van der Waals surface area contributed by atoms with Gasteiger partial charge in [-0.05, 0) is 53.7 Å². The van der Waals surface area contributed by atoms with Crippen molar-refractivity contribution in [1.82, 2.24) is 10.6 Å². The minimum atomic E-state index is -0.594. The first kappa shape index (κ1) is 19.5. The Labute approximate surface area is 169 Å². The second kappa shape index (κ2) is 8.15. The fourth-order valence-electron chi connectivity index (χ4n) is 2.37. The lowest BCUT2D eigenvalue weighted by Gasteiger charge is -2.16. The van der Waals surface area contributed by atoms with Crippen molar-refractivity contribution in [3.63, 3.8) is 0 Å². The van der Waals surface area contributed by atoms with Gasteiger partial charge in [0.05, 0.1) is 9.95 Å². The second-order valence-electron chi connectivity index (χ2n) is 5.70. The third-order valence-electron chi connectivity index (χ3n) is 3.75. The number of carbonyl (C=O) groups is 2. The highest BCUT2D eigenvalue weighted by molar-refractivity contribution is 7.80. The van der Waals surface area contributed by atoms with Gasteiger partial charge in [0.15, 0.2) is 5.11 Å². The predicted octanol–water partition coefficient (Wildman–Crippen LogP) is 2.74. The minimum Gasteiger partial charge on any atom is -0.487 e. The summed E-state index contributed by atoms with van der Waals surface area (Å²) in [6.07, 6.45) is 1.39. The summed E-state index contributed by atoms with van der Waals surface area (Å²) >= 11 is 11.0. The highest BCUT2D eigenvalue weighted by atomic mass is 35.5. The normalized spacial score (nSPS) is 13.6. The van der Waals surface area contributed by atoms with Crippen LogP contribution >= 0.6 is 23.8 Å². The summed E-state index contributed by atoms with van der Waals surface area (Å²) in [7, 11) is 0. The van der Waals surface area contributed by atoms with E-state index in [1.54, 1.807) is 30.3 Å². The van der Waals surface area contributed by atoms with Gasteiger partial charge in [-0.25, -0.2) is 0 Å². The number of nitro benzene ring substituents is 1. The smallest absolute Gasteiger partial charge is 0.269 e. The standard InChI is InChI=1S/C18H12ClN3O5S/c19-14-8-11(7-13-16(23)20-18(28)21-17(13)24)3-6-15(14)27-9-10-1-4-12(5-2-10)22(25)26/h1-8H,9H2,(H2,20,21,23,24,28). The van der Waals surface area contributed by atoms with Crippen LogP contribution in [0, 0.1) is 10.1 Å². The number of benzene rings is 2. The number of non-ortho nitro benzene ring substituents is 1. The van der Waals surface area contributed by atoms with Crippen molar-refractivity contribution in [2.75, 3.05) is 0 Å². The molecule has 0 radical (unpaired) electrons. The van der Waals surface area contributed by atoms with E-state index in [4.69, 9.17) is 28.6 Å². The van der Waals surface area contributed by atoms with E-state index in [9.17, 15) is 19.7 Å². The fourth-order valence-corrected chi connectivity index (χ4v) is 2.80. The van der Waals surface area contributed by atoms with Crippen molar-refractivity contribution >= 4 is 52.5 Å². The van der Waals surface area contributed by atoms with E-state index < -0.39 is 16.7 Å². The number of thiocarbonyl (C=S) groups is 1. The van der Waals surface area contributed by atoms with Crippen molar-refractivity contribution in [2.45, 2.75) is 6.61 Å². The molecule has 0 aliphatic carbocycles. The fraction of sp³-hybridized carbons (Fsp3) is 0.0556. The van der Waals surface area contributed by atoms with Crippen molar-refractivity contribution in [3.05, 3.63) is 74.3 Å². The van der Waals surface area contributed by atoms with Crippen LogP contribution in [0.2, 0.25) is 5.02 Å². The number of hydrogen-bond acceptors (Lipinski definition) is 6. The lowest BCUT2D eigenvalue weighted by Crippen LogP contribution is -2.51. The van der Waals surface area contributed by atoms with Gasteiger partial charge in [-0.3, -0.25) is 30.3 Å². The van der Waals surface area contributed by atoms with E-state index >= 15 is 0 Å². The SMILES string of the molecule is O=C1NC(=S)NC(=O)C1=Cc1ccc(OCc2ccc([N+](=O)[O-])cc2)c(Cl)c1. The van der Waals surface area contributed by atoms with Crippen LogP contribution < -0.4 is 15.4 Å². The van der Waals surface area contributed by atoms with Gasteiger partial charge >= 0.3 is 0 Å². The highest BCUT2D eigenvalue weighted by Crippen LogP contribution is 2.27. The van der Waals surface area contributed by atoms with Gasteiger partial charge in [-0.2, -0.15) is 0 Å². The first-order chi connectivity index (χ1) is 13.3. The molecule has 1 saturated heterocycles. The molecule has 10 heteroatoms. The molecule has 1 aliphatic rings. The molecule has 1 fully saturated rings. The zero-order valence-corrected chi connectivity index (χ0v) is 15.7. The van der Waals surface area contributed by atoms with Crippen LogP contribution in [-0.4, -0.2) is 21.9 Å². The number of nitro groups is 1. The van der Waals surface area contributed by atoms with E-state index in [2.05, 4.69) is 10.6 Å². The summed E-state index contributed by atoms with van der Waals surface area (Å²) < 4.78 is 5.63. The van der Waals surface area contributed by atoms with Gasteiger partial charge in [0, 0.05) is 12.1 Å². The van der Waals surface area contributed by atoms with E-state index in [0.29, 0.717) is 11.3 Å². The Bertz CT molecular complexity index is 998. The van der Waals surface area contributed by atoms with Gasteiger partial charge in [0.25, 0.3) is 17.5 Å². The Kier molecular flexibility index (Phi) is 5.67. The third-order valence-corrected chi connectivity index (χ3v) is 4.25. The number of nitrogens with one attached hydrogen (secondary N) is 2. The molecule has 8 nitrogen and oxygen atoms in total. The molecule has 1 aliphatic heterocycles. The van der Waals surface area contributed by atoms with E-state index in [0.717, 1.165) is 5.56 Å². The first-order valence-electron chi connectivity index (χ1n) is 7.87. The molecule has 2 aromatic carbocycles. The third kappa shape index (κ3) is 4.51. The Hall–Kier alpha value is -3.30. The maximum absolute atomic E-state index is 11.9. The molecule has 2 aromatic rings. The van der Waals surface area contributed by atoms with E-state index in [1.165, 1.54) is 18.2 Å². The molecule has 0 atom stereocenters. The molecule has 0 bridgehead atoms. The summed E-state index contributed by atoms with van der Waals surface area (Å²) in [4.78, 5) is 33.9. The number of nitrogens with zero attached hydrogens (tertiary/aromatic N) is 1. The van der Waals surface area contributed by atoms with Gasteiger partial charge in [0.2, 0.25) is 0 Å². The average molecular weight is 418 g/mol. The van der Waals surface area contributed by atoms with Crippen molar-refractivity contribution in [2.24, 2.45) is 0 Å². The molecule has 142 valence electrons. The second-order valence-corrected chi connectivity index (χ2v) is 6.51. The average Bonchev–Trinajstić information content (AvgIpc) is 2.64. The van der Waals surface area contributed by atoms with Crippen molar-refractivity contribution in [3.8, 4) is 5.75 Å². The maximum Gasteiger partial charge on any atom is 0.269 e. The molecule has 28 heavy (non-hydrogen) atoms. The number of amides is 2. The molecular formula is C18H12ClN3O5S. The zero-order chi connectivity index (χ0) is 20.3. The van der Waals surface area contributed by atoms with Gasteiger partial charge < -0.3 is 4.74 Å². The topological polar surface area (TPSA) is 111 Å². The van der Waals surface area contributed by atoms with E-state index in [1.807, 2.05) is 0 Å². The van der Waals surface area contributed by atoms with Crippen molar-refractivity contribution in [1.29, 1.82) is 0 Å². The van der Waals surface area contributed by atoms with Crippen LogP contribution in [-0.2, 0) is 16.2 Å². The summed E-state index contributed by atoms with van der Waals surface area (Å²) in [5.41, 5.74) is 1.17. The van der Waals surface area contributed by atoms with Gasteiger partial charge in [-0.1, -0.05) is 17.7 Å². The van der Waals surface area contributed by atoms with Crippen LogP contribution in [0.25, 0.3) is 6.08 Å². The Morgan fingerprint density at radius 1 is 1.11 bits per heavy atom. The predicted molar refractivity (Wildman–Crippen MR) is 106 cm³/mol. The monoisotopic (exact) mass is 417 g/mol. The first-order valence-corrected chi connectivity index (χ1v) is 8.66. The number of hydrogen-bond donors (Lipinski definition) is 2. The molecule has 0 aromatic heterocycles. The van der Waals surface area contributed by atoms with Crippen LogP contribution in [0.5, 0.6) is 5.75 Å². The summed E-state index contributed by atoms with van der Waals surface area (Å²) in [5.74, 6) is -0.798. The summed E-state index contributed by atoms with van der Waals surface area (Å²) in [6.45, 7) is 0.167. The van der Waals surface area contributed by atoms with E-state index in [-0.39, 0.29) is 28.0 Å². The van der Waals surface area contributed by atoms with Crippen LogP contribution in [0.1, 0.15) is 11.1 Å². The summed E-state index contributed by atoms with van der Waals surface area (Å²) in [5, 5.41) is 15.6. The lowest BCUT2D eigenvalue weighted by molar-refractivity contribution is -0.384. The summed E-state index contributed by atoms with van der Waals surface area (Å²) in [6, 6.07) is 10.8. The Balaban J connectivity index is 1.71. The largest absolute Gasteiger partial charge is 0.487 e. The molecule has 0 spiro atoms. The van der Waals surface area contributed by atoms with Gasteiger partial charge in [-0.15, -0.1) is 0 Å². The molecule has 0 saturated carbocycles. The molecule has 2 amide bonds. The number of rotatable bonds is 5. The minimum absolute atomic E-state index is 0.00396. The van der Waals surface area contributed by atoms with Crippen LogP contribution in [0.4, 0.5) is 5.69 Å². The Morgan fingerprint density at radius 3 is 2.32 bits per heavy atom. The maximum atomic E-state index is 11.9. The number of halogens is 1. The molecule has 2 N–H and O–H groups in total. The number of carbonyl (C=O) groups excluding carboxylic acids is 2. The molecule has 0 unspecified atom stereocenters.